The van der Waals surface area contributed by atoms with Gasteiger partial charge in [0.2, 0.25) is 5.91 Å². The molecule has 134 valence electrons. The Bertz CT molecular complexity index is 1000. The maximum Gasteiger partial charge on any atom is 0.417 e. The van der Waals surface area contributed by atoms with Crippen LogP contribution in [0.4, 0.5) is 5.69 Å². The average Bonchev–Trinajstić information content (AvgIpc) is 2.99. The maximum atomic E-state index is 12.1. The number of carbonyl (C=O) groups excluding carboxylic acids is 2. The van der Waals surface area contributed by atoms with Gasteiger partial charge in [0.05, 0.1) is 5.52 Å². The average molecular weight is 353 g/mol. The summed E-state index contributed by atoms with van der Waals surface area (Å²) in [7, 11) is 3.41. The van der Waals surface area contributed by atoms with E-state index in [2.05, 4.69) is 10.3 Å². The van der Waals surface area contributed by atoms with E-state index in [1.54, 1.807) is 44.4 Å². The Kier molecular flexibility index (Phi) is 4.88. The Labute approximate surface area is 149 Å². The zero-order valence-corrected chi connectivity index (χ0v) is 14.5. The number of hydrogen-bond donors (Lipinski definition) is 2. The van der Waals surface area contributed by atoms with Crippen molar-refractivity contribution in [2.75, 3.05) is 19.4 Å². The predicted molar refractivity (Wildman–Crippen MR) is 98.2 cm³/mol. The lowest BCUT2D eigenvalue weighted by molar-refractivity contribution is -0.116. The highest BCUT2D eigenvalue weighted by Gasteiger charge is 2.09. The summed E-state index contributed by atoms with van der Waals surface area (Å²) in [4.78, 5) is 39.2. The van der Waals surface area contributed by atoms with E-state index in [1.165, 1.54) is 4.90 Å². The van der Waals surface area contributed by atoms with Gasteiger partial charge >= 0.3 is 5.76 Å². The molecule has 3 aromatic rings. The third-order valence-electron chi connectivity index (χ3n) is 3.95. The third kappa shape index (κ3) is 4.00. The van der Waals surface area contributed by atoms with Gasteiger partial charge in [-0.1, -0.05) is 12.1 Å². The van der Waals surface area contributed by atoms with E-state index in [-0.39, 0.29) is 11.8 Å². The standard InChI is InChI=1S/C19H19N3O4/c1-22(2)18(24)13-6-3-12(4-7-13)5-10-17(23)20-14-8-9-15-16(11-14)26-19(25)21-15/h3-4,6-9,11H,5,10H2,1-2H3,(H,20,23)(H,21,25). The molecular formula is C19H19N3O4. The Morgan fingerprint density at radius 1 is 1.12 bits per heavy atom. The summed E-state index contributed by atoms with van der Waals surface area (Å²) < 4.78 is 4.97. The van der Waals surface area contributed by atoms with Crippen molar-refractivity contribution in [3.05, 3.63) is 64.1 Å². The lowest BCUT2D eigenvalue weighted by Crippen LogP contribution is -2.21. The quantitative estimate of drug-likeness (QED) is 0.736. The van der Waals surface area contributed by atoms with Gasteiger partial charge in [0.15, 0.2) is 5.58 Å². The number of amides is 2. The summed E-state index contributed by atoms with van der Waals surface area (Å²) in [5.74, 6) is -0.726. The summed E-state index contributed by atoms with van der Waals surface area (Å²) in [6, 6.07) is 12.2. The van der Waals surface area contributed by atoms with E-state index in [0.29, 0.717) is 35.2 Å². The Morgan fingerprint density at radius 3 is 2.54 bits per heavy atom. The topological polar surface area (TPSA) is 95.4 Å². The first-order chi connectivity index (χ1) is 12.4. The molecule has 1 aromatic heterocycles. The number of fused-ring (bicyclic) bond motifs is 1. The van der Waals surface area contributed by atoms with Crippen LogP contribution < -0.4 is 11.1 Å². The number of rotatable bonds is 5. The molecule has 0 spiro atoms. The highest BCUT2D eigenvalue weighted by Crippen LogP contribution is 2.17. The van der Waals surface area contributed by atoms with Crippen molar-refractivity contribution in [2.45, 2.75) is 12.8 Å². The SMILES string of the molecule is CN(C)C(=O)c1ccc(CCC(=O)Nc2ccc3[nH]c(=O)oc3c2)cc1. The fourth-order valence-corrected chi connectivity index (χ4v) is 2.58. The van der Waals surface area contributed by atoms with E-state index >= 15 is 0 Å². The van der Waals surface area contributed by atoms with E-state index in [0.717, 1.165) is 5.56 Å². The summed E-state index contributed by atoms with van der Waals surface area (Å²) in [5, 5.41) is 2.78. The lowest BCUT2D eigenvalue weighted by Gasteiger charge is -2.10. The number of nitrogens with zero attached hydrogens (tertiary/aromatic N) is 1. The number of H-pyrrole nitrogens is 1. The molecule has 0 bridgehead atoms. The van der Waals surface area contributed by atoms with Crippen LogP contribution in [0.25, 0.3) is 11.1 Å². The monoisotopic (exact) mass is 353 g/mol. The van der Waals surface area contributed by atoms with Gasteiger partial charge in [-0.3, -0.25) is 14.6 Å². The highest BCUT2D eigenvalue weighted by atomic mass is 16.4. The minimum absolute atomic E-state index is 0.0545. The van der Waals surface area contributed by atoms with Gasteiger partial charge in [0.25, 0.3) is 5.91 Å². The second-order valence-corrected chi connectivity index (χ2v) is 6.17. The van der Waals surface area contributed by atoms with Crippen molar-refractivity contribution in [2.24, 2.45) is 0 Å². The smallest absolute Gasteiger partial charge is 0.408 e. The molecular weight excluding hydrogens is 334 g/mol. The van der Waals surface area contributed by atoms with Gasteiger partial charge < -0.3 is 14.6 Å². The highest BCUT2D eigenvalue weighted by molar-refractivity contribution is 5.94. The van der Waals surface area contributed by atoms with Gasteiger partial charge in [-0.15, -0.1) is 0 Å². The van der Waals surface area contributed by atoms with Crippen LogP contribution in [0, 0.1) is 0 Å². The van der Waals surface area contributed by atoms with Crippen LogP contribution in [0.1, 0.15) is 22.3 Å². The molecule has 0 aliphatic carbocycles. The molecule has 0 aliphatic rings. The number of nitrogens with one attached hydrogen (secondary N) is 2. The van der Waals surface area contributed by atoms with Crippen molar-refractivity contribution in [3.63, 3.8) is 0 Å². The molecule has 26 heavy (non-hydrogen) atoms. The molecule has 0 saturated heterocycles. The van der Waals surface area contributed by atoms with Crippen LogP contribution in [0.2, 0.25) is 0 Å². The molecule has 0 unspecified atom stereocenters. The molecule has 0 radical (unpaired) electrons. The first kappa shape index (κ1) is 17.5. The summed E-state index contributed by atoms with van der Waals surface area (Å²) >= 11 is 0. The molecule has 2 amide bonds. The number of aryl methyl sites for hydroxylation is 1. The molecule has 0 saturated carbocycles. The van der Waals surface area contributed by atoms with Gasteiger partial charge in [-0.05, 0) is 36.2 Å². The lowest BCUT2D eigenvalue weighted by atomic mass is 10.1. The number of oxazole rings is 1. The van der Waals surface area contributed by atoms with Crippen molar-refractivity contribution in [1.29, 1.82) is 0 Å². The largest absolute Gasteiger partial charge is 0.417 e. The molecule has 0 aliphatic heterocycles. The van der Waals surface area contributed by atoms with E-state index in [1.807, 2.05) is 12.1 Å². The first-order valence-electron chi connectivity index (χ1n) is 8.16. The van der Waals surface area contributed by atoms with Crippen molar-refractivity contribution in [3.8, 4) is 0 Å². The Morgan fingerprint density at radius 2 is 1.85 bits per heavy atom. The van der Waals surface area contributed by atoms with Gasteiger partial charge in [0.1, 0.15) is 0 Å². The van der Waals surface area contributed by atoms with Crippen molar-refractivity contribution >= 4 is 28.6 Å². The summed E-state index contributed by atoms with van der Waals surface area (Å²) in [6.45, 7) is 0. The number of hydrogen-bond acceptors (Lipinski definition) is 4. The number of anilines is 1. The predicted octanol–water partition coefficient (Wildman–Crippen LogP) is 2.39. The number of carbonyl (C=O) groups is 2. The third-order valence-corrected chi connectivity index (χ3v) is 3.95. The molecule has 3 rings (SSSR count). The van der Waals surface area contributed by atoms with E-state index in [4.69, 9.17) is 4.42 Å². The van der Waals surface area contributed by atoms with Crippen LogP contribution in [-0.2, 0) is 11.2 Å². The van der Waals surface area contributed by atoms with Crippen molar-refractivity contribution in [1.82, 2.24) is 9.88 Å². The normalized spacial score (nSPS) is 10.7. The van der Waals surface area contributed by atoms with Crippen LogP contribution in [-0.4, -0.2) is 35.8 Å². The number of aromatic amines is 1. The van der Waals surface area contributed by atoms with Gasteiger partial charge in [0, 0.05) is 37.8 Å². The van der Waals surface area contributed by atoms with Crippen LogP contribution >= 0.6 is 0 Å². The fourth-order valence-electron chi connectivity index (χ4n) is 2.58. The maximum absolute atomic E-state index is 12.1. The Hall–Kier alpha value is -3.35. The van der Waals surface area contributed by atoms with Gasteiger partial charge in [-0.2, -0.15) is 0 Å². The van der Waals surface area contributed by atoms with Crippen molar-refractivity contribution < 1.29 is 14.0 Å². The first-order valence-corrected chi connectivity index (χ1v) is 8.16. The molecule has 2 N–H and O–H groups in total. The summed E-state index contributed by atoms with van der Waals surface area (Å²) in [5.41, 5.74) is 3.14. The van der Waals surface area contributed by atoms with E-state index in [9.17, 15) is 14.4 Å². The number of aromatic nitrogens is 1. The van der Waals surface area contributed by atoms with Gasteiger partial charge in [-0.25, -0.2) is 4.79 Å². The molecule has 0 fully saturated rings. The minimum atomic E-state index is -0.528. The molecule has 2 aromatic carbocycles. The Balaban J connectivity index is 1.57. The number of benzene rings is 2. The van der Waals surface area contributed by atoms with E-state index < -0.39 is 5.76 Å². The minimum Gasteiger partial charge on any atom is -0.408 e. The zero-order chi connectivity index (χ0) is 18.7. The van der Waals surface area contributed by atoms with Crippen LogP contribution in [0.5, 0.6) is 0 Å². The molecule has 7 nitrogen and oxygen atoms in total. The molecule has 7 heteroatoms. The fraction of sp³-hybridized carbons (Fsp3) is 0.211. The van der Waals surface area contributed by atoms with Crippen LogP contribution in [0.15, 0.2) is 51.7 Å². The molecule has 0 atom stereocenters. The van der Waals surface area contributed by atoms with Crippen LogP contribution in [0.3, 0.4) is 0 Å². The second-order valence-electron chi connectivity index (χ2n) is 6.17. The summed E-state index contributed by atoms with van der Waals surface area (Å²) in [6.07, 6.45) is 0.861. The zero-order valence-electron chi connectivity index (χ0n) is 14.5. The second kappa shape index (κ2) is 7.26. The molecule has 1 heterocycles.